The van der Waals surface area contributed by atoms with Crippen LogP contribution in [0.15, 0.2) is 65.9 Å². The zero-order valence-electron chi connectivity index (χ0n) is 13.8. The van der Waals surface area contributed by atoms with Gasteiger partial charge in [-0.25, -0.2) is 5.43 Å². The number of aryl methyl sites for hydroxylation is 1. The summed E-state index contributed by atoms with van der Waals surface area (Å²) in [6.07, 6.45) is 3.21. The number of nitrogens with one attached hydrogen (secondary N) is 2. The quantitative estimate of drug-likeness (QED) is 0.537. The van der Waals surface area contributed by atoms with Gasteiger partial charge < -0.3 is 4.74 Å². The standard InChI is InChI=1S/C19H18N4O2/c1-14-6-5-9-17(10-14)25-13-18(24)22-20-11-16-12-21-23-19(16)15-7-3-2-4-8-15/h2-12H,13H2,1H3,(H,21,23)(H,22,24)/b20-11-. The third-order valence-corrected chi connectivity index (χ3v) is 3.48. The number of carbonyl (C=O) groups is 1. The van der Waals surface area contributed by atoms with Gasteiger partial charge in [0, 0.05) is 11.1 Å². The van der Waals surface area contributed by atoms with E-state index in [0.29, 0.717) is 5.75 Å². The maximum absolute atomic E-state index is 11.8. The molecule has 0 bridgehead atoms. The van der Waals surface area contributed by atoms with Crippen LogP contribution in [-0.2, 0) is 4.79 Å². The molecule has 126 valence electrons. The fourth-order valence-electron chi connectivity index (χ4n) is 2.29. The molecule has 2 aromatic carbocycles. The monoisotopic (exact) mass is 334 g/mol. The predicted molar refractivity (Wildman–Crippen MR) is 96.4 cm³/mol. The predicted octanol–water partition coefficient (Wildman–Crippen LogP) is 2.91. The van der Waals surface area contributed by atoms with E-state index in [1.807, 2.05) is 55.5 Å². The molecule has 1 aromatic heterocycles. The zero-order chi connectivity index (χ0) is 17.5. The van der Waals surface area contributed by atoms with Gasteiger partial charge in [-0.05, 0) is 24.6 Å². The molecule has 0 aliphatic heterocycles. The molecule has 0 aliphatic rings. The summed E-state index contributed by atoms with van der Waals surface area (Å²) in [5.41, 5.74) is 6.14. The van der Waals surface area contributed by atoms with Crippen molar-refractivity contribution in [1.82, 2.24) is 15.6 Å². The summed E-state index contributed by atoms with van der Waals surface area (Å²) >= 11 is 0. The molecular weight excluding hydrogens is 316 g/mol. The van der Waals surface area contributed by atoms with E-state index >= 15 is 0 Å². The molecule has 0 unspecified atom stereocenters. The number of rotatable bonds is 6. The van der Waals surface area contributed by atoms with E-state index in [4.69, 9.17) is 4.74 Å². The van der Waals surface area contributed by atoms with Crippen LogP contribution in [0.1, 0.15) is 11.1 Å². The Morgan fingerprint density at radius 3 is 2.88 bits per heavy atom. The minimum atomic E-state index is -0.331. The molecule has 0 aliphatic carbocycles. The number of aromatic nitrogens is 2. The van der Waals surface area contributed by atoms with Crippen LogP contribution in [0.5, 0.6) is 5.75 Å². The van der Waals surface area contributed by atoms with Crippen LogP contribution in [0.3, 0.4) is 0 Å². The van der Waals surface area contributed by atoms with Gasteiger partial charge in [0.15, 0.2) is 6.61 Å². The van der Waals surface area contributed by atoms with Crippen molar-refractivity contribution >= 4 is 12.1 Å². The number of aromatic amines is 1. The molecule has 1 amide bonds. The Balaban J connectivity index is 1.55. The molecule has 6 heteroatoms. The van der Waals surface area contributed by atoms with Gasteiger partial charge in [-0.2, -0.15) is 10.2 Å². The van der Waals surface area contributed by atoms with Crippen molar-refractivity contribution in [1.29, 1.82) is 0 Å². The SMILES string of the molecule is Cc1cccc(OCC(=O)N/N=C\c2cn[nH]c2-c2ccccc2)c1. The molecule has 2 N–H and O–H groups in total. The number of ether oxygens (including phenoxy) is 1. The Kier molecular flexibility index (Phi) is 5.21. The minimum Gasteiger partial charge on any atom is -0.484 e. The van der Waals surface area contributed by atoms with Crippen molar-refractivity contribution in [3.05, 3.63) is 71.9 Å². The van der Waals surface area contributed by atoms with Crippen LogP contribution in [0.2, 0.25) is 0 Å². The van der Waals surface area contributed by atoms with Crippen LogP contribution in [0.4, 0.5) is 0 Å². The van der Waals surface area contributed by atoms with Gasteiger partial charge in [0.25, 0.3) is 5.91 Å². The molecule has 1 heterocycles. The van der Waals surface area contributed by atoms with Crippen molar-refractivity contribution in [2.24, 2.45) is 5.10 Å². The van der Waals surface area contributed by atoms with E-state index in [-0.39, 0.29) is 12.5 Å². The van der Waals surface area contributed by atoms with Gasteiger partial charge in [0.1, 0.15) is 5.75 Å². The van der Waals surface area contributed by atoms with Crippen LogP contribution < -0.4 is 10.2 Å². The molecule has 0 fully saturated rings. The maximum Gasteiger partial charge on any atom is 0.277 e. The first kappa shape index (κ1) is 16.4. The van der Waals surface area contributed by atoms with Gasteiger partial charge in [-0.1, -0.05) is 42.5 Å². The lowest BCUT2D eigenvalue weighted by atomic mass is 10.1. The van der Waals surface area contributed by atoms with E-state index in [2.05, 4.69) is 20.7 Å². The number of nitrogens with zero attached hydrogens (tertiary/aromatic N) is 2. The summed E-state index contributed by atoms with van der Waals surface area (Å²) in [5.74, 6) is 0.322. The van der Waals surface area contributed by atoms with Crippen molar-refractivity contribution in [2.45, 2.75) is 6.92 Å². The first-order valence-corrected chi connectivity index (χ1v) is 7.82. The lowest BCUT2D eigenvalue weighted by Crippen LogP contribution is -2.24. The van der Waals surface area contributed by atoms with Crippen molar-refractivity contribution in [3.8, 4) is 17.0 Å². The lowest BCUT2D eigenvalue weighted by molar-refractivity contribution is -0.123. The Morgan fingerprint density at radius 1 is 1.24 bits per heavy atom. The summed E-state index contributed by atoms with van der Waals surface area (Å²) < 4.78 is 5.42. The summed E-state index contributed by atoms with van der Waals surface area (Å²) in [4.78, 5) is 11.8. The summed E-state index contributed by atoms with van der Waals surface area (Å²) in [6, 6.07) is 17.3. The summed E-state index contributed by atoms with van der Waals surface area (Å²) in [5, 5.41) is 10.9. The molecule has 0 radical (unpaired) electrons. The smallest absolute Gasteiger partial charge is 0.277 e. The largest absolute Gasteiger partial charge is 0.484 e. The van der Waals surface area contributed by atoms with E-state index in [0.717, 1.165) is 22.4 Å². The van der Waals surface area contributed by atoms with E-state index in [9.17, 15) is 4.79 Å². The van der Waals surface area contributed by atoms with Crippen LogP contribution in [0.25, 0.3) is 11.3 Å². The number of carbonyl (C=O) groups excluding carboxylic acids is 1. The minimum absolute atomic E-state index is 0.0995. The average molecular weight is 334 g/mol. The van der Waals surface area contributed by atoms with E-state index < -0.39 is 0 Å². The molecule has 3 aromatic rings. The zero-order valence-corrected chi connectivity index (χ0v) is 13.8. The Bertz CT molecular complexity index is 872. The second kappa shape index (κ2) is 7.92. The number of amides is 1. The molecular formula is C19H18N4O2. The molecule has 0 saturated carbocycles. The molecule has 0 spiro atoms. The highest BCUT2D eigenvalue weighted by Gasteiger charge is 2.06. The molecule has 0 saturated heterocycles. The molecule has 0 atom stereocenters. The number of hydrogen-bond donors (Lipinski definition) is 2. The van der Waals surface area contributed by atoms with Gasteiger partial charge in [0.05, 0.1) is 18.1 Å². The lowest BCUT2D eigenvalue weighted by Gasteiger charge is -2.05. The Labute approximate surface area is 145 Å². The second-order valence-corrected chi connectivity index (χ2v) is 5.46. The molecule has 3 rings (SSSR count). The van der Waals surface area contributed by atoms with Gasteiger partial charge in [-0.15, -0.1) is 0 Å². The summed E-state index contributed by atoms with van der Waals surface area (Å²) in [7, 11) is 0. The first-order chi connectivity index (χ1) is 12.2. The van der Waals surface area contributed by atoms with Gasteiger partial charge in [0.2, 0.25) is 0 Å². The van der Waals surface area contributed by atoms with Crippen molar-refractivity contribution in [3.63, 3.8) is 0 Å². The van der Waals surface area contributed by atoms with Gasteiger partial charge in [-0.3, -0.25) is 9.89 Å². The normalized spacial score (nSPS) is 10.8. The number of hydrogen-bond acceptors (Lipinski definition) is 4. The van der Waals surface area contributed by atoms with Crippen molar-refractivity contribution < 1.29 is 9.53 Å². The van der Waals surface area contributed by atoms with Crippen LogP contribution in [-0.4, -0.2) is 28.9 Å². The fraction of sp³-hybridized carbons (Fsp3) is 0.105. The third kappa shape index (κ3) is 4.54. The highest BCUT2D eigenvalue weighted by atomic mass is 16.5. The Hall–Kier alpha value is -3.41. The highest BCUT2D eigenvalue weighted by molar-refractivity contribution is 5.89. The van der Waals surface area contributed by atoms with Crippen molar-refractivity contribution in [2.75, 3.05) is 6.61 Å². The van der Waals surface area contributed by atoms with E-state index in [1.165, 1.54) is 0 Å². The number of H-pyrrole nitrogens is 1. The fourth-order valence-corrected chi connectivity index (χ4v) is 2.29. The highest BCUT2D eigenvalue weighted by Crippen LogP contribution is 2.18. The third-order valence-electron chi connectivity index (χ3n) is 3.48. The molecule has 25 heavy (non-hydrogen) atoms. The maximum atomic E-state index is 11.8. The average Bonchev–Trinajstić information content (AvgIpc) is 3.09. The molecule has 6 nitrogen and oxygen atoms in total. The Morgan fingerprint density at radius 2 is 2.08 bits per heavy atom. The van der Waals surface area contributed by atoms with Crippen LogP contribution >= 0.6 is 0 Å². The topological polar surface area (TPSA) is 79.4 Å². The number of benzene rings is 2. The van der Waals surface area contributed by atoms with Gasteiger partial charge >= 0.3 is 0 Å². The van der Waals surface area contributed by atoms with Crippen LogP contribution in [0, 0.1) is 6.92 Å². The number of hydrazone groups is 1. The first-order valence-electron chi connectivity index (χ1n) is 7.82. The van der Waals surface area contributed by atoms with E-state index in [1.54, 1.807) is 18.5 Å². The summed E-state index contributed by atoms with van der Waals surface area (Å²) in [6.45, 7) is 1.87. The second-order valence-electron chi connectivity index (χ2n) is 5.46.